The lowest BCUT2D eigenvalue weighted by molar-refractivity contribution is 0.409. The molecule has 0 bridgehead atoms. The summed E-state index contributed by atoms with van der Waals surface area (Å²) in [5, 5.41) is 10.1. The fourth-order valence-corrected chi connectivity index (χ4v) is 2.26. The maximum Gasteiger partial charge on any atom is 0.191 e. The number of nitrogens with one attached hydrogen (secondary N) is 3. The summed E-state index contributed by atoms with van der Waals surface area (Å²) in [4.78, 5) is 4.25. The van der Waals surface area contributed by atoms with Gasteiger partial charge in [-0.05, 0) is 45.7 Å². The molecule has 1 aromatic carbocycles. The van der Waals surface area contributed by atoms with Crippen LogP contribution in [0.1, 0.15) is 31.9 Å². The number of hydrogen-bond acceptors (Lipinski definition) is 3. The van der Waals surface area contributed by atoms with Crippen LogP contribution in [-0.4, -0.2) is 45.3 Å². The second-order valence-electron chi connectivity index (χ2n) is 6.67. The van der Waals surface area contributed by atoms with E-state index >= 15 is 0 Å². The van der Waals surface area contributed by atoms with E-state index in [9.17, 15) is 0 Å². The van der Waals surface area contributed by atoms with Crippen molar-refractivity contribution in [1.82, 2.24) is 16.0 Å². The minimum atomic E-state index is 0. The third-order valence-corrected chi connectivity index (χ3v) is 3.42. The van der Waals surface area contributed by atoms with Crippen LogP contribution >= 0.6 is 24.0 Å². The van der Waals surface area contributed by atoms with E-state index in [1.807, 2.05) is 6.07 Å². The van der Waals surface area contributed by atoms with Crippen LogP contribution in [0.5, 0.6) is 5.75 Å². The molecule has 0 radical (unpaired) electrons. The molecule has 138 valence electrons. The summed E-state index contributed by atoms with van der Waals surface area (Å²) in [5.41, 5.74) is 2.60. The Bertz CT molecular complexity index is 512. The van der Waals surface area contributed by atoms with Gasteiger partial charge in [-0.15, -0.1) is 24.0 Å². The average Bonchev–Trinajstić information content (AvgIpc) is 2.49. The van der Waals surface area contributed by atoms with Crippen LogP contribution in [0.15, 0.2) is 23.2 Å². The minimum absolute atomic E-state index is 0. The highest BCUT2D eigenvalue weighted by Crippen LogP contribution is 2.19. The third kappa shape index (κ3) is 9.32. The summed E-state index contributed by atoms with van der Waals surface area (Å²) in [7, 11) is 3.50. The number of aliphatic imine (C=N–C) groups is 1. The van der Waals surface area contributed by atoms with Gasteiger partial charge >= 0.3 is 0 Å². The van der Waals surface area contributed by atoms with Gasteiger partial charge in [0.1, 0.15) is 5.75 Å². The van der Waals surface area contributed by atoms with Gasteiger partial charge in [-0.1, -0.05) is 17.7 Å². The third-order valence-electron chi connectivity index (χ3n) is 3.42. The van der Waals surface area contributed by atoms with Gasteiger partial charge in [-0.25, -0.2) is 0 Å². The van der Waals surface area contributed by atoms with E-state index in [4.69, 9.17) is 4.74 Å². The molecule has 0 unspecified atom stereocenters. The number of guanidine groups is 1. The van der Waals surface area contributed by atoms with Crippen molar-refractivity contribution in [2.24, 2.45) is 4.99 Å². The van der Waals surface area contributed by atoms with Crippen molar-refractivity contribution in [1.29, 1.82) is 0 Å². The summed E-state index contributed by atoms with van der Waals surface area (Å²) < 4.78 is 5.41. The molecule has 0 amide bonds. The molecule has 1 aromatic rings. The van der Waals surface area contributed by atoms with Gasteiger partial charge in [0.05, 0.1) is 7.11 Å². The van der Waals surface area contributed by atoms with Crippen LogP contribution in [0.4, 0.5) is 0 Å². The van der Waals surface area contributed by atoms with Crippen LogP contribution in [0.25, 0.3) is 0 Å². The summed E-state index contributed by atoms with van der Waals surface area (Å²) in [6.45, 7) is 11.1. The van der Waals surface area contributed by atoms with Crippen molar-refractivity contribution >= 4 is 29.9 Å². The molecule has 0 saturated carbocycles. The number of ether oxygens (including phenoxy) is 1. The largest absolute Gasteiger partial charge is 0.496 e. The number of hydrogen-bond donors (Lipinski definition) is 3. The Hall–Kier alpha value is -1.02. The molecular formula is C18H33IN4O. The summed E-state index contributed by atoms with van der Waals surface area (Å²) >= 11 is 0. The van der Waals surface area contributed by atoms with Gasteiger partial charge in [-0.2, -0.15) is 0 Å². The monoisotopic (exact) mass is 448 g/mol. The molecule has 0 aliphatic heterocycles. The zero-order chi connectivity index (χ0) is 17.3. The first-order chi connectivity index (χ1) is 10.9. The molecule has 0 heterocycles. The molecule has 0 aliphatic carbocycles. The standard InChI is InChI=1S/C18H32N4O.HI/c1-14-7-8-16(23-6)15(13-14)9-10-20-17(19-5)21-11-12-22-18(2,3)4;/h7-8,13,22H,9-12H2,1-6H3,(H2,19,20,21);1H. The quantitative estimate of drug-likeness (QED) is 0.260. The fraction of sp³-hybridized carbons (Fsp3) is 0.611. The van der Waals surface area contributed by atoms with Gasteiger partial charge in [0.25, 0.3) is 0 Å². The lowest BCUT2D eigenvalue weighted by Gasteiger charge is -2.21. The van der Waals surface area contributed by atoms with E-state index in [0.717, 1.165) is 37.8 Å². The second-order valence-corrected chi connectivity index (χ2v) is 6.67. The highest BCUT2D eigenvalue weighted by molar-refractivity contribution is 14.0. The molecule has 24 heavy (non-hydrogen) atoms. The predicted octanol–water partition coefficient (Wildman–Crippen LogP) is 2.72. The maximum atomic E-state index is 5.41. The number of nitrogens with zero attached hydrogens (tertiary/aromatic N) is 1. The van der Waals surface area contributed by atoms with Crippen LogP contribution in [-0.2, 0) is 6.42 Å². The molecule has 0 spiro atoms. The molecular weight excluding hydrogens is 415 g/mol. The van der Waals surface area contributed by atoms with Crippen molar-refractivity contribution < 1.29 is 4.74 Å². The van der Waals surface area contributed by atoms with Crippen LogP contribution in [0.2, 0.25) is 0 Å². The fourth-order valence-electron chi connectivity index (χ4n) is 2.26. The first kappa shape index (κ1) is 23.0. The zero-order valence-electron chi connectivity index (χ0n) is 15.8. The first-order valence-electron chi connectivity index (χ1n) is 8.19. The Morgan fingerprint density at radius 2 is 1.79 bits per heavy atom. The van der Waals surface area contributed by atoms with Crippen molar-refractivity contribution in [2.45, 2.75) is 39.7 Å². The summed E-state index contributed by atoms with van der Waals surface area (Å²) in [5.74, 6) is 1.77. The SMILES string of the molecule is CN=C(NCCNC(C)(C)C)NCCc1cc(C)ccc1OC.I. The Kier molecular flexibility index (Phi) is 11.0. The number of rotatable bonds is 7. The Balaban J connectivity index is 0.00000529. The normalized spacial score (nSPS) is 11.7. The number of methoxy groups -OCH3 is 1. The van der Waals surface area contributed by atoms with E-state index in [-0.39, 0.29) is 29.5 Å². The van der Waals surface area contributed by atoms with E-state index in [1.165, 1.54) is 11.1 Å². The van der Waals surface area contributed by atoms with Crippen LogP contribution in [0, 0.1) is 6.92 Å². The van der Waals surface area contributed by atoms with Crippen LogP contribution in [0.3, 0.4) is 0 Å². The molecule has 0 aromatic heterocycles. The van der Waals surface area contributed by atoms with E-state index in [1.54, 1.807) is 14.2 Å². The van der Waals surface area contributed by atoms with Gasteiger partial charge in [0, 0.05) is 32.2 Å². The number of aryl methyl sites for hydroxylation is 1. The average molecular weight is 448 g/mol. The van der Waals surface area contributed by atoms with E-state index in [0.29, 0.717) is 0 Å². The molecule has 1 rings (SSSR count). The van der Waals surface area contributed by atoms with Crippen LogP contribution < -0.4 is 20.7 Å². The highest BCUT2D eigenvalue weighted by atomic mass is 127. The Morgan fingerprint density at radius 3 is 2.38 bits per heavy atom. The topological polar surface area (TPSA) is 57.7 Å². The molecule has 6 heteroatoms. The maximum absolute atomic E-state index is 5.41. The number of halogens is 1. The van der Waals surface area contributed by atoms with E-state index in [2.05, 4.69) is 60.8 Å². The lowest BCUT2D eigenvalue weighted by atomic mass is 10.1. The van der Waals surface area contributed by atoms with Gasteiger partial charge in [0.2, 0.25) is 0 Å². The lowest BCUT2D eigenvalue weighted by Crippen LogP contribution is -2.44. The minimum Gasteiger partial charge on any atom is -0.496 e. The zero-order valence-corrected chi connectivity index (χ0v) is 18.2. The molecule has 0 saturated heterocycles. The van der Waals surface area contributed by atoms with Crippen molar-refractivity contribution in [3.05, 3.63) is 29.3 Å². The summed E-state index contributed by atoms with van der Waals surface area (Å²) in [6.07, 6.45) is 0.895. The smallest absolute Gasteiger partial charge is 0.191 e. The first-order valence-corrected chi connectivity index (χ1v) is 8.19. The Labute approximate surface area is 164 Å². The van der Waals surface area contributed by atoms with Crippen molar-refractivity contribution in [2.75, 3.05) is 33.8 Å². The van der Waals surface area contributed by atoms with Crippen molar-refractivity contribution in [3.8, 4) is 5.75 Å². The van der Waals surface area contributed by atoms with Crippen molar-refractivity contribution in [3.63, 3.8) is 0 Å². The second kappa shape index (κ2) is 11.5. The highest BCUT2D eigenvalue weighted by Gasteiger charge is 2.07. The molecule has 0 aliphatic rings. The van der Waals surface area contributed by atoms with E-state index < -0.39 is 0 Å². The number of benzene rings is 1. The molecule has 0 atom stereocenters. The molecule has 0 fully saturated rings. The molecule has 3 N–H and O–H groups in total. The predicted molar refractivity (Wildman–Crippen MR) is 114 cm³/mol. The van der Waals surface area contributed by atoms with Gasteiger partial charge in [-0.3, -0.25) is 4.99 Å². The summed E-state index contributed by atoms with van der Waals surface area (Å²) in [6, 6.07) is 6.26. The van der Waals surface area contributed by atoms with Gasteiger partial charge < -0.3 is 20.7 Å². The Morgan fingerprint density at radius 1 is 1.12 bits per heavy atom. The van der Waals surface area contributed by atoms with Gasteiger partial charge in [0.15, 0.2) is 5.96 Å². The molecule has 5 nitrogen and oxygen atoms in total.